The van der Waals surface area contributed by atoms with Gasteiger partial charge in [0.05, 0.1) is 13.2 Å². The number of para-hydroxylation sites is 2. The van der Waals surface area contributed by atoms with E-state index in [1.54, 1.807) is 7.11 Å². The van der Waals surface area contributed by atoms with Crippen LogP contribution < -0.4 is 10.1 Å². The highest BCUT2D eigenvalue weighted by atomic mass is 16.5. The third-order valence-electron chi connectivity index (χ3n) is 4.88. The number of nitrogens with one attached hydrogen (secondary N) is 2. The van der Waals surface area contributed by atoms with E-state index in [0.29, 0.717) is 0 Å². The lowest BCUT2D eigenvalue weighted by molar-refractivity contribution is 0.409. The van der Waals surface area contributed by atoms with Crippen LogP contribution in [0.15, 0.2) is 67.0 Å². The van der Waals surface area contributed by atoms with Crippen molar-refractivity contribution in [3.05, 3.63) is 78.1 Å². The molecule has 1 aliphatic rings. The molecule has 2 aromatic carbocycles. The Labute approximate surface area is 145 Å². The van der Waals surface area contributed by atoms with Gasteiger partial charge in [0.1, 0.15) is 11.4 Å². The molecule has 2 N–H and O–H groups in total. The van der Waals surface area contributed by atoms with Crippen LogP contribution in [0, 0.1) is 0 Å². The summed E-state index contributed by atoms with van der Waals surface area (Å²) in [5, 5.41) is 4.88. The van der Waals surface area contributed by atoms with Crippen molar-refractivity contribution in [1.29, 1.82) is 0 Å². The fourth-order valence-corrected chi connectivity index (χ4v) is 3.76. The summed E-state index contributed by atoms with van der Waals surface area (Å²) in [6, 6.07) is 18.6. The van der Waals surface area contributed by atoms with E-state index in [2.05, 4.69) is 57.9 Å². The maximum absolute atomic E-state index is 5.62. The summed E-state index contributed by atoms with van der Waals surface area (Å²) in [6.45, 7) is 0. The maximum atomic E-state index is 5.62. The van der Waals surface area contributed by atoms with Crippen molar-refractivity contribution < 1.29 is 4.74 Å². The molecule has 4 aromatic rings. The largest absolute Gasteiger partial charge is 0.496 e. The zero-order chi connectivity index (χ0) is 16.8. The quantitative estimate of drug-likeness (QED) is 0.558. The number of aromatic nitrogens is 2. The van der Waals surface area contributed by atoms with Crippen LogP contribution in [-0.2, 0) is 0 Å². The fraction of sp³-hybridized carbons (Fsp3) is 0.0952. The number of fused-ring (bicyclic) bond motifs is 2. The van der Waals surface area contributed by atoms with Crippen LogP contribution in [0.5, 0.6) is 5.75 Å². The van der Waals surface area contributed by atoms with Gasteiger partial charge in [-0.15, -0.1) is 0 Å². The van der Waals surface area contributed by atoms with Gasteiger partial charge in [-0.25, -0.2) is 4.98 Å². The van der Waals surface area contributed by atoms with E-state index in [4.69, 9.17) is 4.74 Å². The molecule has 0 fully saturated rings. The Morgan fingerprint density at radius 1 is 0.920 bits per heavy atom. The van der Waals surface area contributed by atoms with E-state index < -0.39 is 0 Å². The van der Waals surface area contributed by atoms with Gasteiger partial charge in [-0.1, -0.05) is 36.4 Å². The molecule has 0 spiro atoms. The molecule has 0 amide bonds. The number of anilines is 1. The van der Waals surface area contributed by atoms with Gasteiger partial charge in [0.2, 0.25) is 0 Å². The Balaban J connectivity index is 1.85. The Hall–Kier alpha value is -3.27. The van der Waals surface area contributed by atoms with Crippen molar-refractivity contribution in [1.82, 2.24) is 9.97 Å². The summed E-state index contributed by atoms with van der Waals surface area (Å²) in [5.74, 6) is 0.874. The topological polar surface area (TPSA) is 49.9 Å². The molecule has 5 rings (SSSR count). The standard InChI is InChI=1S/C21H17N3O/c1-25-18-9-5-3-7-15(18)20-16-12-23-21-19(16)14(10-11-22-21)13-6-2-4-8-17(13)24-20/h2-12,20,24H,1H3,(H,22,23). The minimum absolute atomic E-state index is 0.0171. The average Bonchev–Trinajstić information content (AvgIpc) is 3.04. The Morgan fingerprint density at radius 2 is 1.76 bits per heavy atom. The van der Waals surface area contributed by atoms with Crippen LogP contribution in [0.1, 0.15) is 17.2 Å². The van der Waals surface area contributed by atoms with Gasteiger partial charge in [0.25, 0.3) is 0 Å². The summed E-state index contributed by atoms with van der Waals surface area (Å²) in [4.78, 5) is 7.84. The first kappa shape index (κ1) is 14.1. The molecule has 4 heteroatoms. The second-order valence-corrected chi connectivity index (χ2v) is 6.19. The second-order valence-electron chi connectivity index (χ2n) is 6.19. The molecule has 0 radical (unpaired) electrons. The monoisotopic (exact) mass is 327 g/mol. The van der Waals surface area contributed by atoms with E-state index in [1.807, 2.05) is 24.4 Å². The fourth-order valence-electron chi connectivity index (χ4n) is 3.76. The van der Waals surface area contributed by atoms with E-state index in [-0.39, 0.29) is 6.04 Å². The molecule has 122 valence electrons. The second kappa shape index (κ2) is 5.38. The van der Waals surface area contributed by atoms with Gasteiger partial charge in [0.15, 0.2) is 0 Å². The first-order valence-corrected chi connectivity index (χ1v) is 8.31. The molecule has 0 bridgehead atoms. The normalized spacial score (nSPS) is 15.3. The van der Waals surface area contributed by atoms with Gasteiger partial charge < -0.3 is 15.0 Å². The molecule has 1 aliphatic heterocycles. The van der Waals surface area contributed by atoms with E-state index in [0.717, 1.165) is 28.0 Å². The number of hydrogen-bond donors (Lipinski definition) is 2. The van der Waals surface area contributed by atoms with Crippen LogP contribution >= 0.6 is 0 Å². The molecule has 3 heterocycles. The highest BCUT2D eigenvalue weighted by Crippen LogP contribution is 2.44. The van der Waals surface area contributed by atoms with Crippen LogP contribution in [0.25, 0.3) is 22.2 Å². The van der Waals surface area contributed by atoms with E-state index >= 15 is 0 Å². The lowest BCUT2D eigenvalue weighted by atomic mass is 9.96. The summed E-state index contributed by atoms with van der Waals surface area (Å²) in [7, 11) is 1.71. The van der Waals surface area contributed by atoms with E-state index in [9.17, 15) is 0 Å². The molecule has 4 nitrogen and oxygen atoms in total. The highest BCUT2D eigenvalue weighted by molar-refractivity contribution is 6.01. The van der Waals surface area contributed by atoms with Crippen LogP contribution in [0.4, 0.5) is 5.69 Å². The lowest BCUT2D eigenvalue weighted by Gasteiger charge is -2.21. The number of rotatable bonds is 2. The van der Waals surface area contributed by atoms with Crippen molar-refractivity contribution in [3.63, 3.8) is 0 Å². The smallest absolute Gasteiger partial charge is 0.138 e. The first-order valence-electron chi connectivity index (χ1n) is 8.31. The number of benzene rings is 2. The highest BCUT2D eigenvalue weighted by Gasteiger charge is 2.27. The summed E-state index contributed by atoms with van der Waals surface area (Å²) < 4.78 is 5.62. The number of ether oxygens (including phenoxy) is 1. The minimum Gasteiger partial charge on any atom is -0.496 e. The Morgan fingerprint density at radius 3 is 2.68 bits per heavy atom. The minimum atomic E-state index is -0.0171. The van der Waals surface area contributed by atoms with Crippen LogP contribution in [-0.4, -0.2) is 17.1 Å². The molecule has 1 atom stereocenters. The molecular formula is C21H17N3O. The molecule has 25 heavy (non-hydrogen) atoms. The van der Waals surface area contributed by atoms with Gasteiger partial charge in [0, 0.05) is 40.2 Å². The SMILES string of the molecule is COc1ccccc1C1Nc2ccccc2-c2ccnc3[nH]cc1c23. The first-order chi connectivity index (χ1) is 12.4. The van der Waals surface area contributed by atoms with Crippen molar-refractivity contribution in [2.24, 2.45) is 0 Å². The van der Waals surface area contributed by atoms with Gasteiger partial charge in [-0.05, 0) is 23.8 Å². The predicted molar refractivity (Wildman–Crippen MR) is 100.0 cm³/mol. The van der Waals surface area contributed by atoms with Crippen molar-refractivity contribution in [3.8, 4) is 16.9 Å². The van der Waals surface area contributed by atoms with Crippen molar-refractivity contribution in [2.75, 3.05) is 12.4 Å². The Kier molecular flexibility index (Phi) is 3.04. The zero-order valence-corrected chi connectivity index (χ0v) is 13.8. The summed E-state index contributed by atoms with van der Waals surface area (Å²) in [6.07, 6.45) is 3.91. The van der Waals surface area contributed by atoms with Crippen LogP contribution in [0.3, 0.4) is 0 Å². The third-order valence-corrected chi connectivity index (χ3v) is 4.88. The molecule has 0 saturated carbocycles. The van der Waals surface area contributed by atoms with Crippen molar-refractivity contribution >= 4 is 16.7 Å². The van der Waals surface area contributed by atoms with Crippen molar-refractivity contribution in [2.45, 2.75) is 6.04 Å². The lowest BCUT2D eigenvalue weighted by Crippen LogP contribution is -2.12. The number of pyridine rings is 1. The summed E-state index contributed by atoms with van der Waals surface area (Å²) >= 11 is 0. The molecule has 2 aromatic heterocycles. The number of aromatic amines is 1. The molecule has 1 unspecified atom stereocenters. The van der Waals surface area contributed by atoms with Gasteiger partial charge in [-0.3, -0.25) is 0 Å². The van der Waals surface area contributed by atoms with Gasteiger partial charge in [-0.2, -0.15) is 0 Å². The van der Waals surface area contributed by atoms with E-state index in [1.165, 1.54) is 16.7 Å². The van der Waals surface area contributed by atoms with Gasteiger partial charge >= 0.3 is 0 Å². The number of H-pyrrole nitrogens is 1. The number of hydrogen-bond acceptors (Lipinski definition) is 3. The number of nitrogens with zero attached hydrogens (tertiary/aromatic N) is 1. The molecule has 0 aliphatic carbocycles. The van der Waals surface area contributed by atoms with Crippen LogP contribution in [0.2, 0.25) is 0 Å². The Bertz CT molecular complexity index is 1080. The zero-order valence-electron chi connectivity index (χ0n) is 13.8. The molecular weight excluding hydrogens is 310 g/mol. The average molecular weight is 327 g/mol. The maximum Gasteiger partial charge on any atom is 0.138 e. The molecule has 0 saturated heterocycles. The number of methoxy groups -OCH3 is 1. The summed E-state index contributed by atoms with van der Waals surface area (Å²) in [5.41, 5.74) is 6.69. The third kappa shape index (κ3) is 2.04. The predicted octanol–water partition coefficient (Wildman–Crippen LogP) is 4.75.